The van der Waals surface area contributed by atoms with Gasteiger partial charge in [0.15, 0.2) is 0 Å². The third-order valence-corrected chi connectivity index (χ3v) is 10.5. The predicted molar refractivity (Wildman–Crippen MR) is 204 cm³/mol. The Labute approximate surface area is 306 Å². The highest BCUT2D eigenvalue weighted by atomic mass is 16.5. The maximum Gasteiger partial charge on any atom is 0.306 e. The highest BCUT2D eigenvalue weighted by Crippen LogP contribution is 2.42. The second kappa shape index (κ2) is 19.4. The Kier molecular flexibility index (Phi) is 14.5. The van der Waals surface area contributed by atoms with Crippen LogP contribution >= 0.6 is 0 Å². The number of nitrogens with two attached hydrogens (primary N) is 1. The van der Waals surface area contributed by atoms with E-state index < -0.39 is 24.2 Å². The van der Waals surface area contributed by atoms with E-state index in [2.05, 4.69) is 22.4 Å². The van der Waals surface area contributed by atoms with Crippen molar-refractivity contribution < 1.29 is 29.6 Å². The summed E-state index contributed by atoms with van der Waals surface area (Å²) in [7, 11) is 0. The van der Waals surface area contributed by atoms with E-state index in [0.29, 0.717) is 44.2 Å². The summed E-state index contributed by atoms with van der Waals surface area (Å²) in [6.45, 7) is 2.18. The first kappa shape index (κ1) is 38.8. The minimum atomic E-state index is -0.596. The van der Waals surface area contributed by atoms with Crippen LogP contribution in [0, 0.1) is 17.8 Å². The predicted octanol–water partition coefficient (Wildman–Crippen LogP) is 6.45. The fraction of sp³-hybridized carbons (Fsp3) is 0.419. The van der Waals surface area contributed by atoms with Gasteiger partial charge in [-0.2, -0.15) is 0 Å². The molecule has 0 saturated heterocycles. The van der Waals surface area contributed by atoms with E-state index in [1.165, 1.54) is 5.56 Å². The van der Waals surface area contributed by atoms with Crippen LogP contribution in [0.15, 0.2) is 103 Å². The summed E-state index contributed by atoms with van der Waals surface area (Å²) in [5.74, 6) is -1.36. The van der Waals surface area contributed by atoms with Gasteiger partial charge in [-0.15, -0.1) is 0 Å². The van der Waals surface area contributed by atoms with Gasteiger partial charge < -0.3 is 31.1 Å². The van der Waals surface area contributed by atoms with E-state index in [-0.39, 0.29) is 49.2 Å². The monoisotopic (exact) mass is 707 g/mol. The highest BCUT2D eigenvalue weighted by Gasteiger charge is 2.46. The van der Waals surface area contributed by atoms with Gasteiger partial charge in [0.05, 0.1) is 24.2 Å². The summed E-state index contributed by atoms with van der Waals surface area (Å²) in [5.41, 5.74) is 9.48. The molecule has 1 aliphatic carbocycles. The second-order valence-electron chi connectivity index (χ2n) is 14.1. The quantitative estimate of drug-likeness (QED) is 0.0449. The maximum absolute atomic E-state index is 13.1. The molecular weight excluding hydrogens is 654 g/mol. The summed E-state index contributed by atoms with van der Waals surface area (Å²) in [5, 5.41) is 37.3. The number of aliphatic hydroxyl groups excluding tert-OH is 3. The smallest absolute Gasteiger partial charge is 0.306 e. The number of unbranched alkanes of at least 4 members (excludes halogenated alkanes) is 1. The number of allylic oxidation sites excluding steroid dienone is 2. The van der Waals surface area contributed by atoms with Crippen LogP contribution in [0.3, 0.4) is 0 Å². The molecule has 9 heteroatoms. The third-order valence-electron chi connectivity index (χ3n) is 10.5. The number of carbonyl (C=O) groups excluding carboxylic acids is 2. The molecule has 6 N–H and O–H groups in total. The van der Waals surface area contributed by atoms with Crippen LogP contribution in [0.2, 0.25) is 0 Å². The normalized spacial score (nSPS) is 21.3. The molecule has 1 fully saturated rings. The van der Waals surface area contributed by atoms with Crippen molar-refractivity contribution in [3.8, 4) is 0 Å². The van der Waals surface area contributed by atoms with E-state index in [1.54, 1.807) is 12.4 Å². The van der Waals surface area contributed by atoms with Gasteiger partial charge in [-0.05, 0) is 97.1 Å². The Morgan fingerprint density at radius 1 is 0.923 bits per heavy atom. The Hall–Kier alpha value is -4.41. The number of carbonyl (C=O) groups is 2. The van der Waals surface area contributed by atoms with Gasteiger partial charge in [0, 0.05) is 42.4 Å². The van der Waals surface area contributed by atoms with Crippen LogP contribution in [-0.2, 0) is 27.4 Å². The van der Waals surface area contributed by atoms with E-state index >= 15 is 0 Å². The summed E-state index contributed by atoms with van der Waals surface area (Å²) < 4.78 is 5.49. The number of anilines is 1. The molecule has 52 heavy (non-hydrogen) atoms. The second-order valence-corrected chi connectivity index (χ2v) is 14.1. The van der Waals surface area contributed by atoms with E-state index in [9.17, 15) is 24.9 Å². The lowest BCUT2D eigenvalue weighted by Crippen LogP contribution is -2.27. The molecule has 3 aromatic carbocycles. The fourth-order valence-electron chi connectivity index (χ4n) is 7.30. The zero-order valence-electron chi connectivity index (χ0n) is 30.0. The average molecular weight is 708 g/mol. The van der Waals surface area contributed by atoms with Crippen molar-refractivity contribution in [3.05, 3.63) is 120 Å². The number of aliphatic hydroxyl groups is 3. The SMILES string of the molecule is C[C@@H]1[C@@H](O)[C@H](CC[C@@H](O)CCc2ccccc2)[C@@H](C/C=C\CCCC(=O)OCc2ccc(C(CN)C(=O)Nc3ccc4cnccc4c3)cc2)[C@H]1O. The first-order chi connectivity index (χ1) is 25.2. The number of pyridine rings is 1. The van der Waals surface area contributed by atoms with E-state index in [0.717, 1.165) is 28.3 Å². The van der Waals surface area contributed by atoms with Gasteiger partial charge in [-0.25, -0.2) is 0 Å². The third kappa shape index (κ3) is 10.8. The first-order valence-electron chi connectivity index (χ1n) is 18.6. The van der Waals surface area contributed by atoms with Crippen molar-refractivity contribution in [1.82, 2.24) is 4.98 Å². The van der Waals surface area contributed by atoms with E-state index in [1.807, 2.05) is 85.8 Å². The van der Waals surface area contributed by atoms with Crippen LogP contribution in [0.25, 0.3) is 10.8 Å². The molecule has 0 bridgehead atoms. The molecule has 1 aliphatic rings. The standard InChI is InChI=1S/C43H53N3O6/c1-29-41(49)37(38(42(29)50)22-21-36(47)20-15-30-9-5-4-6-10-30)11-7-2-3-8-12-40(48)52-28-31-13-16-32(17-14-31)39(26-44)43(51)46-35-19-18-34-27-45-24-23-33(34)25-35/h2,4-7,9-10,13-14,16-19,23-25,27,29,36-39,41-42,47,49-50H,3,8,11-12,15,20-22,26,28,44H2,1H3,(H,46,51)/b7-2-/t29-,36-,37+,38+,39?,41-,42+/m0/s1. The molecule has 5 rings (SSSR count). The maximum atomic E-state index is 13.1. The Balaban J connectivity index is 0.996. The van der Waals surface area contributed by atoms with Gasteiger partial charge in [0.25, 0.3) is 0 Å². The number of fused-ring (bicyclic) bond motifs is 1. The number of aryl methyl sites for hydroxylation is 1. The molecule has 1 saturated carbocycles. The number of rotatable bonds is 18. The molecule has 276 valence electrons. The Morgan fingerprint density at radius 3 is 2.46 bits per heavy atom. The van der Waals surface area contributed by atoms with Gasteiger partial charge in [0.1, 0.15) is 6.61 Å². The number of amides is 1. The minimum absolute atomic E-state index is 0.0723. The minimum Gasteiger partial charge on any atom is -0.461 e. The van der Waals surface area contributed by atoms with Crippen LogP contribution in [0.4, 0.5) is 5.69 Å². The number of aromatic nitrogens is 1. The number of hydrogen-bond donors (Lipinski definition) is 5. The van der Waals surface area contributed by atoms with E-state index in [4.69, 9.17) is 10.5 Å². The highest BCUT2D eigenvalue weighted by molar-refractivity contribution is 5.98. The van der Waals surface area contributed by atoms with Crippen molar-refractivity contribution in [1.29, 1.82) is 0 Å². The molecular formula is C43H53N3O6. The van der Waals surface area contributed by atoms with Gasteiger partial charge >= 0.3 is 5.97 Å². The van der Waals surface area contributed by atoms with Crippen molar-refractivity contribution in [2.75, 3.05) is 11.9 Å². The van der Waals surface area contributed by atoms with Crippen molar-refractivity contribution in [2.45, 2.75) is 89.1 Å². The molecule has 7 atom stereocenters. The molecule has 0 radical (unpaired) electrons. The van der Waals surface area contributed by atoms with Crippen LogP contribution in [-0.4, -0.2) is 57.0 Å². The Morgan fingerprint density at radius 2 is 1.69 bits per heavy atom. The molecule has 1 unspecified atom stereocenters. The number of esters is 1. The number of nitrogens with zero attached hydrogens (tertiary/aromatic N) is 1. The van der Waals surface area contributed by atoms with Crippen LogP contribution < -0.4 is 11.1 Å². The fourth-order valence-corrected chi connectivity index (χ4v) is 7.30. The van der Waals surface area contributed by atoms with Gasteiger partial charge in [-0.3, -0.25) is 14.6 Å². The van der Waals surface area contributed by atoms with Crippen LogP contribution in [0.1, 0.15) is 74.5 Å². The van der Waals surface area contributed by atoms with Crippen molar-refractivity contribution >= 4 is 28.3 Å². The van der Waals surface area contributed by atoms with Gasteiger partial charge in [0.2, 0.25) is 5.91 Å². The largest absolute Gasteiger partial charge is 0.461 e. The van der Waals surface area contributed by atoms with Gasteiger partial charge in [-0.1, -0.05) is 79.7 Å². The number of nitrogens with one attached hydrogen (secondary N) is 1. The summed E-state index contributed by atoms with van der Waals surface area (Å²) in [6, 6.07) is 25.0. The topological polar surface area (TPSA) is 155 Å². The van der Waals surface area contributed by atoms with Crippen molar-refractivity contribution in [3.63, 3.8) is 0 Å². The molecule has 0 aliphatic heterocycles. The van der Waals surface area contributed by atoms with Crippen LogP contribution in [0.5, 0.6) is 0 Å². The molecule has 1 amide bonds. The average Bonchev–Trinajstić information content (AvgIpc) is 3.36. The Bertz CT molecular complexity index is 1750. The first-order valence-corrected chi connectivity index (χ1v) is 18.6. The summed E-state index contributed by atoms with van der Waals surface area (Å²) in [4.78, 5) is 29.6. The zero-order valence-corrected chi connectivity index (χ0v) is 30.0. The lowest BCUT2D eigenvalue weighted by atomic mass is 9.85. The number of ether oxygens (including phenoxy) is 1. The summed E-state index contributed by atoms with van der Waals surface area (Å²) in [6.07, 6.45) is 10.9. The lowest BCUT2D eigenvalue weighted by Gasteiger charge is -2.23. The molecule has 0 spiro atoms. The lowest BCUT2D eigenvalue weighted by molar-refractivity contribution is -0.145. The molecule has 1 heterocycles. The number of benzene rings is 3. The van der Waals surface area contributed by atoms with Crippen molar-refractivity contribution in [2.24, 2.45) is 23.5 Å². The molecule has 9 nitrogen and oxygen atoms in total. The molecule has 4 aromatic rings. The molecule has 1 aromatic heterocycles. The number of hydrogen-bond acceptors (Lipinski definition) is 8. The summed E-state index contributed by atoms with van der Waals surface area (Å²) >= 11 is 0. The zero-order chi connectivity index (χ0) is 36.9.